The SMILES string of the molecule is CCCCCCCCCCCCc1cc(C2(C(=O)n3ccnc3)CCCC2)no1. The highest BCUT2D eigenvalue weighted by atomic mass is 16.5. The fourth-order valence-corrected chi connectivity index (χ4v) is 4.63. The number of aromatic nitrogens is 3. The quantitative estimate of drug-likeness (QED) is 0.361. The second kappa shape index (κ2) is 11.3. The van der Waals surface area contributed by atoms with Crippen LogP contribution >= 0.6 is 0 Å². The Morgan fingerprint density at radius 1 is 1.03 bits per heavy atom. The Hall–Kier alpha value is -1.91. The summed E-state index contributed by atoms with van der Waals surface area (Å²) in [6.45, 7) is 2.27. The normalized spacial score (nSPS) is 15.8. The summed E-state index contributed by atoms with van der Waals surface area (Å²) in [6, 6.07) is 2.04. The minimum absolute atomic E-state index is 0.0753. The third-order valence-electron chi connectivity index (χ3n) is 6.43. The molecule has 0 aromatic carbocycles. The van der Waals surface area contributed by atoms with E-state index in [1.807, 2.05) is 6.07 Å². The van der Waals surface area contributed by atoms with Crippen molar-refractivity contribution in [2.24, 2.45) is 0 Å². The predicted octanol–water partition coefficient (Wildman–Crippen LogP) is 6.49. The Morgan fingerprint density at radius 2 is 1.69 bits per heavy atom. The summed E-state index contributed by atoms with van der Waals surface area (Å²) in [5.74, 6) is 0.996. The number of nitrogens with zero attached hydrogens (tertiary/aromatic N) is 3. The van der Waals surface area contributed by atoms with Gasteiger partial charge in [-0.2, -0.15) is 0 Å². The van der Waals surface area contributed by atoms with Crippen molar-refractivity contribution in [1.82, 2.24) is 14.7 Å². The van der Waals surface area contributed by atoms with Gasteiger partial charge in [-0.25, -0.2) is 4.98 Å². The summed E-state index contributed by atoms with van der Waals surface area (Å²) in [5.41, 5.74) is 0.274. The van der Waals surface area contributed by atoms with E-state index in [2.05, 4.69) is 17.1 Å². The molecular formula is C24H37N3O2. The van der Waals surface area contributed by atoms with Crippen LogP contribution in [0.15, 0.2) is 29.3 Å². The van der Waals surface area contributed by atoms with Gasteiger partial charge in [0.25, 0.3) is 0 Å². The van der Waals surface area contributed by atoms with Crippen LogP contribution in [-0.4, -0.2) is 20.6 Å². The minimum atomic E-state index is -0.541. The monoisotopic (exact) mass is 399 g/mol. The van der Waals surface area contributed by atoms with Crippen LogP contribution in [0.5, 0.6) is 0 Å². The molecule has 3 rings (SSSR count). The van der Waals surface area contributed by atoms with Crippen LogP contribution in [0.1, 0.15) is 113 Å². The zero-order chi connectivity index (χ0) is 20.4. The first-order valence-electron chi connectivity index (χ1n) is 11.7. The molecule has 1 fully saturated rings. The molecule has 5 nitrogen and oxygen atoms in total. The molecule has 1 aliphatic carbocycles. The molecule has 160 valence electrons. The number of aryl methyl sites for hydroxylation is 1. The van der Waals surface area contributed by atoms with E-state index in [4.69, 9.17) is 4.52 Å². The maximum atomic E-state index is 13.1. The average molecular weight is 400 g/mol. The van der Waals surface area contributed by atoms with Crippen molar-refractivity contribution in [2.75, 3.05) is 0 Å². The van der Waals surface area contributed by atoms with E-state index in [9.17, 15) is 4.79 Å². The summed E-state index contributed by atoms with van der Waals surface area (Å²) in [6.07, 6.45) is 23.0. The summed E-state index contributed by atoms with van der Waals surface area (Å²) in [7, 11) is 0. The van der Waals surface area contributed by atoms with E-state index in [1.165, 1.54) is 57.8 Å². The van der Waals surface area contributed by atoms with Gasteiger partial charge in [-0.1, -0.05) is 82.7 Å². The first-order chi connectivity index (χ1) is 14.3. The topological polar surface area (TPSA) is 60.9 Å². The number of hydrogen-bond acceptors (Lipinski definition) is 4. The van der Waals surface area contributed by atoms with Crippen LogP contribution in [0, 0.1) is 0 Å². The number of carbonyl (C=O) groups is 1. The summed E-state index contributed by atoms with van der Waals surface area (Å²) in [4.78, 5) is 17.2. The van der Waals surface area contributed by atoms with Crippen LogP contribution in [0.2, 0.25) is 0 Å². The van der Waals surface area contributed by atoms with Crippen LogP contribution in [0.3, 0.4) is 0 Å². The van der Waals surface area contributed by atoms with Crippen LogP contribution in [0.25, 0.3) is 0 Å². The molecule has 0 saturated heterocycles. The molecular weight excluding hydrogens is 362 g/mol. The molecule has 5 heteroatoms. The van der Waals surface area contributed by atoms with Crippen molar-refractivity contribution in [3.63, 3.8) is 0 Å². The van der Waals surface area contributed by atoms with E-state index in [0.717, 1.165) is 50.0 Å². The number of imidazole rings is 1. The Kier molecular flexibility index (Phi) is 8.51. The maximum absolute atomic E-state index is 13.1. The smallest absolute Gasteiger partial charge is 0.244 e. The molecule has 0 atom stereocenters. The average Bonchev–Trinajstić information content (AvgIpc) is 3.50. The molecule has 1 aliphatic rings. The Morgan fingerprint density at radius 3 is 2.31 bits per heavy atom. The second-order valence-electron chi connectivity index (χ2n) is 8.67. The van der Waals surface area contributed by atoms with Crippen molar-refractivity contribution in [1.29, 1.82) is 0 Å². The maximum Gasteiger partial charge on any atom is 0.244 e. The third kappa shape index (κ3) is 5.80. The first kappa shape index (κ1) is 21.8. The first-order valence-corrected chi connectivity index (χ1v) is 11.7. The molecule has 0 unspecified atom stereocenters. The molecule has 0 N–H and O–H groups in total. The Labute approximate surface area is 175 Å². The molecule has 0 spiro atoms. The van der Waals surface area contributed by atoms with Gasteiger partial charge >= 0.3 is 0 Å². The Bertz CT molecular complexity index is 714. The predicted molar refractivity (Wildman–Crippen MR) is 115 cm³/mol. The van der Waals surface area contributed by atoms with E-state index in [0.29, 0.717) is 0 Å². The summed E-state index contributed by atoms with van der Waals surface area (Å²) in [5, 5.41) is 4.34. The van der Waals surface area contributed by atoms with E-state index in [-0.39, 0.29) is 5.91 Å². The lowest BCUT2D eigenvalue weighted by Gasteiger charge is -2.24. The van der Waals surface area contributed by atoms with Crippen molar-refractivity contribution in [2.45, 2.75) is 109 Å². The lowest BCUT2D eigenvalue weighted by atomic mass is 9.81. The molecule has 0 amide bonds. The van der Waals surface area contributed by atoms with Crippen LogP contribution < -0.4 is 0 Å². The standard InChI is InChI=1S/C24H37N3O2/c1-2-3-4-5-6-7-8-9-10-11-14-21-19-22(26-29-21)24(15-12-13-16-24)23(28)27-18-17-25-20-27/h17-20H,2-16H2,1H3. The molecule has 2 heterocycles. The van der Waals surface area contributed by atoms with Crippen molar-refractivity contribution >= 4 is 5.91 Å². The largest absolute Gasteiger partial charge is 0.361 e. The van der Waals surface area contributed by atoms with Gasteiger partial charge in [0.15, 0.2) is 0 Å². The molecule has 0 bridgehead atoms. The van der Waals surface area contributed by atoms with E-state index < -0.39 is 5.41 Å². The van der Waals surface area contributed by atoms with E-state index in [1.54, 1.807) is 23.3 Å². The zero-order valence-electron chi connectivity index (χ0n) is 18.1. The Balaban J connectivity index is 1.42. The van der Waals surface area contributed by atoms with Gasteiger partial charge in [-0.15, -0.1) is 0 Å². The minimum Gasteiger partial charge on any atom is -0.361 e. The van der Waals surface area contributed by atoms with Crippen molar-refractivity contribution in [3.8, 4) is 0 Å². The highest BCUT2D eigenvalue weighted by Gasteiger charge is 2.46. The summed E-state index contributed by atoms with van der Waals surface area (Å²) >= 11 is 0. The van der Waals surface area contributed by atoms with Gasteiger partial charge in [-0.3, -0.25) is 9.36 Å². The number of carbonyl (C=O) groups excluding carboxylic acids is 1. The lowest BCUT2D eigenvalue weighted by molar-refractivity contribution is 0.0789. The number of rotatable bonds is 13. The summed E-state index contributed by atoms with van der Waals surface area (Å²) < 4.78 is 7.22. The third-order valence-corrected chi connectivity index (χ3v) is 6.43. The van der Waals surface area contributed by atoms with Crippen LogP contribution in [-0.2, 0) is 11.8 Å². The molecule has 0 radical (unpaired) electrons. The molecule has 1 saturated carbocycles. The van der Waals surface area contributed by atoms with Gasteiger partial charge < -0.3 is 4.52 Å². The highest BCUT2D eigenvalue weighted by molar-refractivity contribution is 5.90. The van der Waals surface area contributed by atoms with Gasteiger partial charge in [-0.05, 0) is 19.3 Å². The van der Waals surface area contributed by atoms with Crippen molar-refractivity contribution < 1.29 is 9.32 Å². The fraction of sp³-hybridized carbons (Fsp3) is 0.708. The highest BCUT2D eigenvalue weighted by Crippen LogP contribution is 2.42. The molecule has 2 aromatic rings. The number of hydrogen-bond donors (Lipinski definition) is 0. The molecule has 0 aliphatic heterocycles. The van der Waals surface area contributed by atoms with E-state index >= 15 is 0 Å². The van der Waals surface area contributed by atoms with Crippen LogP contribution in [0.4, 0.5) is 0 Å². The van der Waals surface area contributed by atoms with Gasteiger partial charge in [0, 0.05) is 24.9 Å². The second-order valence-corrected chi connectivity index (χ2v) is 8.67. The van der Waals surface area contributed by atoms with Gasteiger partial charge in [0.2, 0.25) is 5.91 Å². The zero-order valence-corrected chi connectivity index (χ0v) is 18.1. The number of unbranched alkanes of at least 4 members (excludes halogenated alkanes) is 9. The lowest BCUT2D eigenvalue weighted by Crippen LogP contribution is -2.37. The van der Waals surface area contributed by atoms with Crippen molar-refractivity contribution in [3.05, 3.63) is 36.2 Å². The van der Waals surface area contributed by atoms with Gasteiger partial charge in [0.05, 0.1) is 11.1 Å². The molecule has 2 aromatic heterocycles. The molecule has 29 heavy (non-hydrogen) atoms. The fourth-order valence-electron chi connectivity index (χ4n) is 4.63. The van der Waals surface area contributed by atoms with Gasteiger partial charge in [0.1, 0.15) is 12.1 Å².